The third-order valence-electron chi connectivity index (χ3n) is 4.38. The largest absolute Gasteiger partial charge is 0.477 e. The quantitative estimate of drug-likeness (QED) is 0.449. The fourth-order valence-corrected chi connectivity index (χ4v) is 2.94. The number of nitrogens with one attached hydrogen (secondary N) is 1. The average molecular weight is 444 g/mol. The van der Waals surface area contributed by atoms with Crippen molar-refractivity contribution in [1.29, 1.82) is 0 Å². The Labute approximate surface area is 192 Å². The summed E-state index contributed by atoms with van der Waals surface area (Å²) in [5, 5.41) is 12.2. The molecule has 0 unspecified atom stereocenters. The van der Waals surface area contributed by atoms with E-state index in [9.17, 15) is 4.79 Å². The van der Waals surface area contributed by atoms with Crippen LogP contribution in [-0.2, 0) is 0 Å². The van der Waals surface area contributed by atoms with Gasteiger partial charge in [0.25, 0.3) is 0 Å². The third-order valence-corrected chi connectivity index (χ3v) is 4.38. The number of allylic oxidation sites excluding steroid dienone is 6. The standard InChI is InChI=1S/C23H19N5O3.C2H6/c24-23-27-19(15-5-3-1-2-4-6-15)14-21(28-23)26-16-7-9-17(10-8-16)31-18-11-12-25-20(13-18)22(29)30;1-2/h1-5,7-14H,6H2,(H,29,30)(H3,24,26,27,28);1-2H3. The molecule has 33 heavy (non-hydrogen) atoms. The van der Waals surface area contributed by atoms with Gasteiger partial charge in [-0.3, -0.25) is 0 Å². The van der Waals surface area contributed by atoms with Crippen molar-refractivity contribution in [3.05, 3.63) is 90.4 Å². The number of anilines is 3. The molecule has 8 heteroatoms. The number of aromatic nitrogens is 3. The van der Waals surface area contributed by atoms with E-state index in [1.807, 2.05) is 56.4 Å². The molecule has 0 radical (unpaired) electrons. The van der Waals surface area contributed by atoms with Gasteiger partial charge in [0, 0.05) is 24.0 Å². The minimum absolute atomic E-state index is 0.0808. The normalized spacial score (nSPS) is 12.1. The lowest BCUT2D eigenvalue weighted by Crippen LogP contribution is -2.03. The van der Waals surface area contributed by atoms with E-state index >= 15 is 0 Å². The molecule has 2 heterocycles. The van der Waals surface area contributed by atoms with Gasteiger partial charge in [0.2, 0.25) is 5.95 Å². The first-order chi connectivity index (χ1) is 16.1. The molecule has 168 valence electrons. The number of ether oxygens (including phenoxy) is 1. The van der Waals surface area contributed by atoms with Crippen LogP contribution in [0.25, 0.3) is 5.57 Å². The van der Waals surface area contributed by atoms with Crippen LogP contribution in [0.4, 0.5) is 17.5 Å². The summed E-state index contributed by atoms with van der Waals surface area (Å²) in [7, 11) is 0. The van der Waals surface area contributed by atoms with Crippen LogP contribution in [0.3, 0.4) is 0 Å². The maximum atomic E-state index is 11.0. The first kappa shape index (κ1) is 23.2. The van der Waals surface area contributed by atoms with E-state index in [0.717, 1.165) is 23.4 Å². The van der Waals surface area contributed by atoms with E-state index in [1.54, 1.807) is 18.2 Å². The molecule has 8 nitrogen and oxygen atoms in total. The van der Waals surface area contributed by atoms with Crippen molar-refractivity contribution >= 4 is 29.0 Å². The molecule has 4 rings (SSSR count). The lowest BCUT2D eigenvalue weighted by Gasteiger charge is -2.11. The molecule has 0 aliphatic heterocycles. The topological polar surface area (TPSA) is 123 Å². The molecule has 0 spiro atoms. The molecule has 3 aromatic rings. The van der Waals surface area contributed by atoms with Crippen LogP contribution >= 0.6 is 0 Å². The van der Waals surface area contributed by atoms with Gasteiger partial charge in [-0.15, -0.1) is 0 Å². The second-order valence-corrected chi connectivity index (χ2v) is 6.64. The highest BCUT2D eigenvalue weighted by atomic mass is 16.5. The highest BCUT2D eigenvalue weighted by Gasteiger charge is 2.09. The number of benzene rings is 1. The zero-order valence-corrected chi connectivity index (χ0v) is 18.4. The lowest BCUT2D eigenvalue weighted by molar-refractivity contribution is 0.0690. The number of carboxylic acids is 1. The summed E-state index contributed by atoms with van der Waals surface area (Å²) in [6.07, 6.45) is 12.1. The SMILES string of the molecule is CC.Nc1nc(Nc2ccc(Oc3ccnc(C(=O)O)c3)cc2)cc(C2=CC=CC=CC2)n1. The molecule has 2 aromatic heterocycles. The second-order valence-electron chi connectivity index (χ2n) is 6.64. The number of pyridine rings is 1. The van der Waals surface area contributed by atoms with Crippen LogP contribution in [0.1, 0.15) is 36.5 Å². The van der Waals surface area contributed by atoms with Crippen molar-refractivity contribution in [1.82, 2.24) is 15.0 Å². The third kappa shape index (κ3) is 6.51. The fourth-order valence-electron chi connectivity index (χ4n) is 2.94. The van der Waals surface area contributed by atoms with Crippen LogP contribution in [0, 0.1) is 0 Å². The number of carboxylic acid groups (broad SMARTS) is 1. The average Bonchev–Trinajstić information content (AvgIpc) is 3.11. The van der Waals surface area contributed by atoms with Crippen LogP contribution < -0.4 is 15.8 Å². The van der Waals surface area contributed by atoms with Gasteiger partial charge in [-0.25, -0.2) is 14.8 Å². The molecule has 0 fully saturated rings. The smallest absolute Gasteiger partial charge is 0.354 e. The van der Waals surface area contributed by atoms with E-state index in [4.69, 9.17) is 15.6 Å². The van der Waals surface area contributed by atoms with Gasteiger partial charge in [-0.2, -0.15) is 4.98 Å². The lowest BCUT2D eigenvalue weighted by atomic mass is 10.1. The van der Waals surface area contributed by atoms with Crippen molar-refractivity contribution in [2.75, 3.05) is 11.1 Å². The zero-order valence-electron chi connectivity index (χ0n) is 18.4. The molecule has 0 atom stereocenters. The number of carbonyl (C=O) groups is 1. The summed E-state index contributed by atoms with van der Waals surface area (Å²) in [4.78, 5) is 23.4. The highest BCUT2D eigenvalue weighted by molar-refractivity contribution is 5.85. The predicted molar refractivity (Wildman–Crippen MR) is 130 cm³/mol. The monoisotopic (exact) mass is 443 g/mol. The van der Waals surface area contributed by atoms with Gasteiger partial charge in [0.1, 0.15) is 17.3 Å². The minimum atomic E-state index is -1.11. The van der Waals surface area contributed by atoms with E-state index in [0.29, 0.717) is 17.3 Å². The van der Waals surface area contributed by atoms with E-state index < -0.39 is 5.97 Å². The number of hydrogen-bond acceptors (Lipinski definition) is 7. The van der Waals surface area contributed by atoms with E-state index in [1.165, 1.54) is 12.3 Å². The summed E-state index contributed by atoms with van der Waals surface area (Å²) in [6.45, 7) is 4.00. The summed E-state index contributed by atoms with van der Waals surface area (Å²) < 4.78 is 5.71. The zero-order chi connectivity index (χ0) is 23.6. The summed E-state index contributed by atoms with van der Waals surface area (Å²) in [6, 6.07) is 12.0. The fraction of sp³-hybridized carbons (Fsp3) is 0.120. The maximum Gasteiger partial charge on any atom is 0.354 e. The Morgan fingerprint density at radius 2 is 1.82 bits per heavy atom. The van der Waals surface area contributed by atoms with Gasteiger partial charge < -0.3 is 20.9 Å². The molecule has 0 bridgehead atoms. The molecular formula is C25H25N5O3. The predicted octanol–water partition coefficient (Wildman–Crippen LogP) is 5.61. The Morgan fingerprint density at radius 3 is 2.58 bits per heavy atom. The molecule has 1 aliphatic carbocycles. The highest BCUT2D eigenvalue weighted by Crippen LogP contribution is 2.26. The maximum absolute atomic E-state index is 11.0. The number of hydrogen-bond donors (Lipinski definition) is 3. The summed E-state index contributed by atoms with van der Waals surface area (Å²) in [5.74, 6) is 0.596. The second kappa shape index (κ2) is 11.2. The van der Waals surface area contributed by atoms with Crippen molar-refractivity contribution in [2.24, 2.45) is 0 Å². The Balaban J connectivity index is 0.00000149. The number of aromatic carboxylic acids is 1. The van der Waals surface area contributed by atoms with E-state index in [2.05, 4.69) is 26.3 Å². The molecule has 1 aliphatic rings. The molecule has 4 N–H and O–H groups in total. The van der Waals surface area contributed by atoms with Crippen molar-refractivity contribution < 1.29 is 14.6 Å². The van der Waals surface area contributed by atoms with Crippen molar-refractivity contribution in [3.63, 3.8) is 0 Å². The number of nitrogens with two attached hydrogens (primary N) is 1. The van der Waals surface area contributed by atoms with Gasteiger partial charge in [0.15, 0.2) is 5.69 Å². The van der Waals surface area contributed by atoms with Crippen molar-refractivity contribution in [2.45, 2.75) is 20.3 Å². The number of nitrogens with zero attached hydrogens (tertiary/aromatic N) is 3. The summed E-state index contributed by atoms with van der Waals surface area (Å²) in [5.41, 5.74) is 8.42. The molecular weight excluding hydrogens is 418 g/mol. The van der Waals surface area contributed by atoms with Gasteiger partial charge in [0.05, 0.1) is 5.69 Å². The van der Waals surface area contributed by atoms with Crippen LogP contribution in [0.2, 0.25) is 0 Å². The Morgan fingerprint density at radius 1 is 1.03 bits per heavy atom. The number of rotatable bonds is 6. The van der Waals surface area contributed by atoms with Crippen molar-refractivity contribution in [3.8, 4) is 11.5 Å². The Bertz CT molecular complexity index is 1200. The minimum Gasteiger partial charge on any atom is -0.477 e. The Hall–Kier alpha value is -4.46. The van der Waals surface area contributed by atoms with E-state index in [-0.39, 0.29) is 11.6 Å². The first-order valence-corrected chi connectivity index (χ1v) is 10.5. The first-order valence-electron chi connectivity index (χ1n) is 10.5. The molecule has 1 aromatic carbocycles. The van der Waals surface area contributed by atoms with Gasteiger partial charge in [-0.1, -0.05) is 44.2 Å². The summed E-state index contributed by atoms with van der Waals surface area (Å²) >= 11 is 0. The van der Waals surface area contributed by atoms with Crippen LogP contribution in [0.15, 0.2) is 79.0 Å². The van der Waals surface area contributed by atoms with Gasteiger partial charge in [-0.05, 0) is 42.3 Å². The van der Waals surface area contributed by atoms with Crippen LogP contribution in [0.5, 0.6) is 11.5 Å². The molecule has 0 saturated heterocycles. The Kier molecular flexibility index (Phi) is 7.91. The number of nitrogen functional groups attached to an aromatic ring is 1. The van der Waals surface area contributed by atoms with Crippen LogP contribution in [-0.4, -0.2) is 26.0 Å². The molecule has 0 amide bonds. The molecule has 0 saturated carbocycles. The van der Waals surface area contributed by atoms with Gasteiger partial charge >= 0.3 is 5.97 Å².